The molecule has 12 heteroatoms. The van der Waals surface area contributed by atoms with Crippen LogP contribution in [0.1, 0.15) is 38.5 Å². The van der Waals surface area contributed by atoms with Crippen LogP contribution < -0.4 is 11.1 Å². The second kappa shape index (κ2) is 10.5. The van der Waals surface area contributed by atoms with Crippen LogP contribution >= 0.6 is 0 Å². The van der Waals surface area contributed by atoms with Crippen LogP contribution in [0.3, 0.4) is 0 Å². The van der Waals surface area contributed by atoms with Gasteiger partial charge in [-0.05, 0) is 24.5 Å². The van der Waals surface area contributed by atoms with E-state index in [1.807, 2.05) is 0 Å². The van der Waals surface area contributed by atoms with Crippen LogP contribution in [0, 0.1) is 5.92 Å². The first-order valence-corrected chi connectivity index (χ1v) is 14.4. The second-order valence-electron chi connectivity index (χ2n) is 8.77. The van der Waals surface area contributed by atoms with E-state index in [0.717, 1.165) is 47.0 Å². The summed E-state index contributed by atoms with van der Waals surface area (Å²) in [6.07, 6.45) is 6.51. The highest BCUT2D eigenvalue weighted by molar-refractivity contribution is 7.89. The van der Waals surface area contributed by atoms with Gasteiger partial charge in [0.2, 0.25) is 31.9 Å². The van der Waals surface area contributed by atoms with Crippen LogP contribution in [0.5, 0.6) is 0 Å². The Labute approximate surface area is 195 Å². The molecule has 2 aliphatic rings. The zero-order valence-electron chi connectivity index (χ0n) is 18.7. The molecule has 1 saturated heterocycles. The predicted octanol–water partition coefficient (Wildman–Crippen LogP) is 0.262. The molecule has 33 heavy (non-hydrogen) atoms. The number of nitrogens with one attached hydrogen (secondary N) is 1. The second-order valence-corrected chi connectivity index (χ2v) is 12.6. The quantitative estimate of drug-likeness (QED) is 0.523. The first-order valence-electron chi connectivity index (χ1n) is 11.1. The van der Waals surface area contributed by atoms with E-state index < -0.39 is 43.9 Å². The average molecular weight is 501 g/mol. The zero-order chi connectivity index (χ0) is 24.2. The lowest BCUT2D eigenvalue weighted by molar-refractivity contribution is -0.131. The maximum atomic E-state index is 13.2. The van der Waals surface area contributed by atoms with Crippen LogP contribution in [0.4, 0.5) is 0 Å². The summed E-state index contributed by atoms with van der Waals surface area (Å²) in [5.41, 5.74) is 5.53. The largest absolute Gasteiger partial charge is 0.368 e. The van der Waals surface area contributed by atoms with Crippen molar-refractivity contribution < 1.29 is 26.4 Å². The molecular formula is C21H32N4O6S2. The first kappa shape index (κ1) is 25.6. The number of primary amides is 1. The highest BCUT2D eigenvalue weighted by Crippen LogP contribution is 2.28. The number of nitrogens with zero attached hydrogens (tertiary/aromatic N) is 2. The van der Waals surface area contributed by atoms with E-state index in [9.17, 15) is 26.4 Å². The molecule has 0 unspecified atom stereocenters. The number of hydrogen-bond donors (Lipinski definition) is 2. The Hall–Kier alpha value is -2.02. The lowest BCUT2D eigenvalue weighted by atomic mass is 9.84. The number of amides is 2. The zero-order valence-corrected chi connectivity index (χ0v) is 20.4. The summed E-state index contributed by atoms with van der Waals surface area (Å²) < 4.78 is 52.9. The number of hydrogen-bond acceptors (Lipinski definition) is 6. The van der Waals surface area contributed by atoms with Gasteiger partial charge >= 0.3 is 0 Å². The van der Waals surface area contributed by atoms with Gasteiger partial charge in [0.15, 0.2) is 0 Å². The number of carbonyl (C=O) groups is 2. The molecule has 1 aliphatic carbocycles. The number of nitrogens with two attached hydrogens (primary N) is 1. The summed E-state index contributed by atoms with van der Waals surface area (Å²) in [6.45, 7) is -0.618. The average Bonchev–Trinajstić information content (AvgIpc) is 2.78. The Morgan fingerprint density at radius 2 is 1.70 bits per heavy atom. The standard InChI is InChI=1S/C21H32N4O6S2/c1-32(28,29)25-13-12-24(33(30,31)17-10-6-3-7-11-17)15-19(25)21(27)23-18(20(22)26)14-16-8-4-2-5-9-16/h3,6-7,10-11,16,18-19H,2,4-5,8-9,12-15H2,1H3,(H2,22,26)(H,23,27)/t18-,19-/m0/s1. The first-order chi connectivity index (χ1) is 15.5. The van der Waals surface area contributed by atoms with E-state index in [1.165, 1.54) is 12.1 Å². The highest BCUT2D eigenvalue weighted by atomic mass is 32.2. The summed E-state index contributed by atoms with van der Waals surface area (Å²) in [5.74, 6) is -1.17. The Kier molecular flexibility index (Phi) is 8.14. The summed E-state index contributed by atoms with van der Waals surface area (Å²) in [5, 5.41) is 2.61. The molecule has 2 amide bonds. The van der Waals surface area contributed by atoms with Gasteiger partial charge in [-0.15, -0.1) is 0 Å². The van der Waals surface area contributed by atoms with Crippen molar-refractivity contribution in [3.8, 4) is 0 Å². The minimum Gasteiger partial charge on any atom is -0.368 e. The van der Waals surface area contributed by atoms with Crippen LogP contribution in [0.15, 0.2) is 35.2 Å². The Morgan fingerprint density at radius 3 is 2.27 bits per heavy atom. The van der Waals surface area contributed by atoms with E-state index in [0.29, 0.717) is 6.42 Å². The molecule has 184 valence electrons. The monoisotopic (exact) mass is 500 g/mol. The van der Waals surface area contributed by atoms with Gasteiger partial charge < -0.3 is 11.1 Å². The van der Waals surface area contributed by atoms with E-state index in [1.54, 1.807) is 18.2 Å². The smallest absolute Gasteiger partial charge is 0.243 e. The third kappa shape index (κ3) is 6.31. The molecule has 0 radical (unpaired) electrons. The fourth-order valence-electron chi connectivity index (χ4n) is 4.58. The number of piperazine rings is 1. The number of rotatable bonds is 8. The van der Waals surface area contributed by atoms with Crippen LogP contribution in [-0.4, -0.2) is 75.2 Å². The summed E-state index contributed by atoms with van der Waals surface area (Å²) in [4.78, 5) is 25.3. The van der Waals surface area contributed by atoms with Gasteiger partial charge in [-0.2, -0.15) is 8.61 Å². The minimum absolute atomic E-state index is 0.0595. The van der Waals surface area contributed by atoms with Gasteiger partial charge in [0.1, 0.15) is 12.1 Å². The van der Waals surface area contributed by atoms with Crippen molar-refractivity contribution in [3.63, 3.8) is 0 Å². The highest BCUT2D eigenvalue weighted by Gasteiger charge is 2.42. The van der Waals surface area contributed by atoms with Gasteiger partial charge in [-0.25, -0.2) is 16.8 Å². The van der Waals surface area contributed by atoms with Gasteiger partial charge in [0, 0.05) is 19.6 Å². The van der Waals surface area contributed by atoms with Gasteiger partial charge in [-0.1, -0.05) is 50.3 Å². The SMILES string of the molecule is CS(=O)(=O)N1CCN(S(=O)(=O)c2ccccc2)C[C@H]1C(=O)N[C@@H](CC1CCCCC1)C(N)=O. The molecule has 0 spiro atoms. The maximum Gasteiger partial charge on any atom is 0.243 e. The summed E-state index contributed by atoms with van der Waals surface area (Å²) >= 11 is 0. The van der Waals surface area contributed by atoms with Crippen molar-refractivity contribution in [2.75, 3.05) is 25.9 Å². The maximum absolute atomic E-state index is 13.2. The number of carbonyl (C=O) groups excluding carboxylic acids is 2. The van der Waals surface area contributed by atoms with E-state index in [4.69, 9.17) is 5.73 Å². The molecule has 10 nitrogen and oxygen atoms in total. The van der Waals surface area contributed by atoms with Crippen molar-refractivity contribution >= 4 is 31.9 Å². The van der Waals surface area contributed by atoms with Crippen molar-refractivity contribution in [1.82, 2.24) is 13.9 Å². The molecular weight excluding hydrogens is 468 g/mol. The Balaban J connectivity index is 1.80. The molecule has 1 aliphatic heterocycles. The molecule has 0 aromatic heterocycles. The van der Waals surface area contributed by atoms with Gasteiger partial charge in [-0.3, -0.25) is 9.59 Å². The van der Waals surface area contributed by atoms with E-state index >= 15 is 0 Å². The van der Waals surface area contributed by atoms with Crippen molar-refractivity contribution in [2.24, 2.45) is 11.7 Å². The third-order valence-corrected chi connectivity index (χ3v) is 9.53. The lowest BCUT2D eigenvalue weighted by Gasteiger charge is -2.38. The van der Waals surface area contributed by atoms with Gasteiger partial charge in [0.05, 0.1) is 11.2 Å². The van der Waals surface area contributed by atoms with E-state index in [2.05, 4.69) is 5.32 Å². The summed E-state index contributed by atoms with van der Waals surface area (Å²) in [7, 11) is -7.73. The Bertz CT molecular complexity index is 1060. The minimum atomic E-state index is -3.92. The molecule has 1 aromatic rings. The molecule has 1 aromatic carbocycles. The molecule has 3 rings (SSSR count). The van der Waals surface area contributed by atoms with Crippen molar-refractivity contribution in [1.29, 1.82) is 0 Å². The molecule has 2 fully saturated rings. The lowest BCUT2D eigenvalue weighted by Crippen LogP contribution is -2.62. The molecule has 1 saturated carbocycles. The van der Waals surface area contributed by atoms with Crippen molar-refractivity contribution in [2.45, 2.75) is 55.5 Å². The van der Waals surface area contributed by atoms with E-state index in [-0.39, 0.29) is 30.4 Å². The van der Waals surface area contributed by atoms with Gasteiger partial charge in [0.25, 0.3) is 0 Å². The summed E-state index contributed by atoms with van der Waals surface area (Å²) in [6, 6.07) is 5.51. The fraction of sp³-hybridized carbons (Fsp3) is 0.619. The molecule has 1 heterocycles. The molecule has 3 N–H and O–H groups in total. The fourth-order valence-corrected chi connectivity index (χ4v) is 7.08. The molecule has 0 bridgehead atoms. The predicted molar refractivity (Wildman–Crippen MR) is 123 cm³/mol. The Morgan fingerprint density at radius 1 is 1.06 bits per heavy atom. The number of benzene rings is 1. The third-order valence-electron chi connectivity index (χ3n) is 6.36. The number of sulfonamides is 2. The van der Waals surface area contributed by atoms with Crippen LogP contribution in [0.2, 0.25) is 0 Å². The topological polar surface area (TPSA) is 147 Å². The molecule has 2 atom stereocenters. The van der Waals surface area contributed by atoms with Crippen LogP contribution in [0.25, 0.3) is 0 Å². The van der Waals surface area contributed by atoms with Crippen molar-refractivity contribution in [3.05, 3.63) is 30.3 Å². The normalized spacial score (nSPS) is 22.5. The van der Waals surface area contributed by atoms with Crippen LogP contribution in [-0.2, 0) is 29.6 Å².